The maximum atomic E-state index is 12.0. The first-order valence-electron chi connectivity index (χ1n) is 6.39. The SMILES string of the molecule is Cc1nc(C(=O)NCC2N=NC(=O)c3ccccc32)cs1. The molecule has 0 saturated heterocycles. The summed E-state index contributed by atoms with van der Waals surface area (Å²) in [5, 5.41) is 12.9. The highest BCUT2D eigenvalue weighted by Crippen LogP contribution is 2.26. The topological polar surface area (TPSA) is 83.8 Å². The van der Waals surface area contributed by atoms with Gasteiger partial charge in [0.1, 0.15) is 11.7 Å². The molecule has 106 valence electrons. The Morgan fingerprint density at radius 2 is 2.19 bits per heavy atom. The number of aromatic nitrogens is 1. The van der Waals surface area contributed by atoms with Crippen LogP contribution in [0.2, 0.25) is 0 Å². The Bertz CT molecular complexity index is 738. The van der Waals surface area contributed by atoms with Crippen LogP contribution in [0.1, 0.15) is 37.5 Å². The molecule has 21 heavy (non-hydrogen) atoms. The second kappa shape index (κ2) is 5.53. The van der Waals surface area contributed by atoms with E-state index >= 15 is 0 Å². The molecule has 0 saturated carbocycles. The molecule has 1 aliphatic heterocycles. The van der Waals surface area contributed by atoms with Gasteiger partial charge in [-0.3, -0.25) is 9.59 Å². The van der Waals surface area contributed by atoms with E-state index < -0.39 is 0 Å². The Kier molecular flexibility index (Phi) is 3.57. The third-order valence-corrected chi connectivity index (χ3v) is 3.92. The van der Waals surface area contributed by atoms with Crippen LogP contribution in [-0.4, -0.2) is 23.3 Å². The highest BCUT2D eigenvalue weighted by molar-refractivity contribution is 7.09. The number of fused-ring (bicyclic) bond motifs is 1. The molecule has 1 N–H and O–H groups in total. The van der Waals surface area contributed by atoms with Crippen molar-refractivity contribution in [2.75, 3.05) is 6.54 Å². The summed E-state index contributed by atoms with van der Waals surface area (Å²) in [6.07, 6.45) is 0. The maximum absolute atomic E-state index is 12.0. The highest BCUT2D eigenvalue weighted by Gasteiger charge is 2.24. The standard InChI is InChI=1S/C14H12N4O2S/c1-8-16-12(7-21-8)14(20)15-6-11-9-4-2-3-5-10(9)13(19)18-17-11/h2-5,7,11H,6H2,1H3,(H,15,20). The summed E-state index contributed by atoms with van der Waals surface area (Å²) in [6.45, 7) is 2.13. The van der Waals surface area contributed by atoms with Crippen molar-refractivity contribution in [3.05, 3.63) is 51.5 Å². The number of thiazole rings is 1. The quantitative estimate of drug-likeness (QED) is 0.945. The van der Waals surface area contributed by atoms with Gasteiger partial charge in [-0.25, -0.2) is 4.98 Å². The number of nitrogens with one attached hydrogen (secondary N) is 1. The molecular formula is C14H12N4O2S. The van der Waals surface area contributed by atoms with E-state index in [1.807, 2.05) is 19.1 Å². The number of hydrogen-bond acceptors (Lipinski definition) is 5. The van der Waals surface area contributed by atoms with Crippen molar-refractivity contribution in [1.29, 1.82) is 0 Å². The Hall–Kier alpha value is -2.41. The lowest BCUT2D eigenvalue weighted by Gasteiger charge is -2.18. The van der Waals surface area contributed by atoms with Gasteiger partial charge in [0.05, 0.1) is 5.01 Å². The molecule has 0 spiro atoms. The summed E-state index contributed by atoms with van der Waals surface area (Å²) in [7, 11) is 0. The minimum absolute atomic E-state index is 0.246. The summed E-state index contributed by atoms with van der Waals surface area (Å²) >= 11 is 1.42. The highest BCUT2D eigenvalue weighted by atomic mass is 32.1. The number of hydrogen-bond donors (Lipinski definition) is 1. The van der Waals surface area contributed by atoms with Crippen LogP contribution >= 0.6 is 11.3 Å². The average Bonchev–Trinajstić information content (AvgIpc) is 2.93. The van der Waals surface area contributed by atoms with Gasteiger partial charge in [-0.1, -0.05) is 18.2 Å². The smallest absolute Gasteiger partial charge is 0.295 e. The van der Waals surface area contributed by atoms with E-state index in [2.05, 4.69) is 20.5 Å². The normalized spacial score (nSPS) is 16.6. The zero-order chi connectivity index (χ0) is 14.8. The number of nitrogens with zero attached hydrogens (tertiary/aromatic N) is 3. The number of benzene rings is 1. The van der Waals surface area contributed by atoms with Crippen LogP contribution < -0.4 is 5.32 Å². The summed E-state index contributed by atoms with van der Waals surface area (Å²) in [6, 6.07) is 6.82. The third kappa shape index (κ3) is 2.73. The molecule has 2 heterocycles. The van der Waals surface area contributed by atoms with Crippen molar-refractivity contribution < 1.29 is 9.59 Å². The lowest BCUT2D eigenvalue weighted by Crippen LogP contribution is -2.29. The number of carbonyl (C=O) groups is 2. The fourth-order valence-corrected chi connectivity index (χ4v) is 2.71. The lowest BCUT2D eigenvalue weighted by molar-refractivity contribution is 0.0946. The lowest BCUT2D eigenvalue weighted by atomic mass is 9.99. The maximum Gasteiger partial charge on any atom is 0.295 e. The molecule has 1 aromatic carbocycles. The van der Waals surface area contributed by atoms with Gasteiger partial charge in [-0.05, 0) is 18.6 Å². The molecule has 0 aliphatic carbocycles. The second-order valence-corrected chi connectivity index (χ2v) is 5.65. The number of aryl methyl sites for hydroxylation is 1. The molecule has 1 aliphatic rings. The number of rotatable bonds is 3. The van der Waals surface area contributed by atoms with Gasteiger partial charge in [0.2, 0.25) is 0 Å². The van der Waals surface area contributed by atoms with E-state index in [4.69, 9.17) is 0 Å². The average molecular weight is 300 g/mol. The fraction of sp³-hybridized carbons (Fsp3) is 0.214. The molecule has 7 heteroatoms. The van der Waals surface area contributed by atoms with Crippen LogP contribution in [0.15, 0.2) is 39.9 Å². The Morgan fingerprint density at radius 3 is 2.95 bits per heavy atom. The van der Waals surface area contributed by atoms with Gasteiger partial charge >= 0.3 is 0 Å². The zero-order valence-electron chi connectivity index (χ0n) is 11.2. The molecule has 0 bridgehead atoms. The van der Waals surface area contributed by atoms with E-state index in [0.29, 0.717) is 11.3 Å². The predicted molar refractivity (Wildman–Crippen MR) is 77.6 cm³/mol. The van der Waals surface area contributed by atoms with Crippen molar-refractivity contribution in [3.8, 4) is 0 Å². The molecule has 2 amide bonds. The van der Waals surface area contributed by atoms with E-state index in [0.717, 1.165) is 10.6 Å². The van der Waals surface area contributed by atoms with Crippen molar-refractivity contribution in [2.45, 2.75) is 13.0 Å². The van der Waals surface area contributed by atoms with E-state index in [9.17, 15) is 9.59 Å². The number of azo groups is 1. The molecule has 0 radical (unpaired) electrons. The molecule has 2 aromatic rings. The Labute approximate surface area is 124 Å². The minimum Gasteiger partial charge on any atom is -0.348 e. The first kappa shape index (κ1) is 13.6. The number of amides is 2. The second-order valence-electron chi connectivity index (χ2n) is 4.59. The van der Waals surface area contributed by atoms with Gasteiger partial charge < -0.3 is 5.32 Å². The van der Waals surface area contributed by atoms with Gasteiger partial charge in [-0.15, -0.1) is 16.5 Å². The van der Waals surface area contributed by atoms with E-state index in [-0.39, 0.29) is 24.4 Å². The third-order valence-electron chi connectivity index (χ3n) is 3.15. The summed E-state index contributed by atoms with van der Waals surface area (Å²) < 4.78 is 0. The van der Waals surface area contributed by atoms with Crippen LogP contribution in [0.3, 0.4) is 0 Å². The summed E-state index contributed by atoms with van der Waals surface area (Å²) in [5.74, 6) is -0.591. The van der Waals surface area contributed by atoms with Crippen LogP contribution in [0.5, 0.6) is 0 Å². The van der Waals surface area contributed by atoms with Crippen LogP contribution in [-0.2, 0) is 0 Å². The molecule has 6 nitrogen and oxygen atoms in total. The van der Waals surface area contributed by atoms with Crippen LogP contribution in [0.25, 0.3) is 0 Å². The summed E-state index contributed by atoms with van der Waals surface area (Å²) in [5.41, 5.74) is 1.72. The van der Waals surface area contributed by atoms with Crippen LogP contribution in [0.4, 0.5) is 0 Å². The van der Waals surface area contributed by atoms with Gasteiger partial charge in [-0.2, -0.15) is 5.11 Å². The van der Waals surface area contributed by atoms with Crippen molar-refractivity contribution >= 4 is 23.2 Å². The van der Waals surface area contributed by atoms with Gasteiger partial charge in [0.25, 0.3) is 11.8 Å². The first-order chi connectivity index (χ1) is 10.1. The fourth-order valence-electron chi connectivity index (χ4n) is 2.12. The van der Waals surface area contributed by atoms with Crippen LogP contribution in [0, 0.1) is 6.92 Å². The van der Waals surface area contributed by atoms with Crippen molar-refractivity contribution in [2.24, 2.45) is 10.2 Å². The van der Waals surface area contributed by atoms with Gasteiger partial charge in [0, 0.05) is 17.5 Å². The molecular weight excluding hydrogens is 288 g/mol. The Morgan fingerprint density at radius 1 is 1.38 bits per heavy atom. The zero-order valence-corrected chi connectivity index (χ0v) is 12.1. The number of carbonyl (C=O) groups excluding carboxylic acids is 2. The van der Waals surface area contributed by atoms with E-state index in [1.165, 1.54) is 11.3 Å². The largest absolute Gasteiger partial charge is 0.348 e. The molecule has 1 unspecified atom stereocenters. The summed E-state index contributed by atoms with van der Waals surface area (Å²) in [4.78, 5) is 27.7. The molecule has 0 fully saturated rings. The molecule has 1 atom stereocenters. The monoisotopic (exact) mass is 300 g/mol. The van der Waals surface area contributed by atoms with Crippen molar-refractivity contribution in [3.63, 3.8) is 0 Å². The minimum atomic E-state index is -0.345. The molecule has 1 aromatic heterocycles. The first-order valence-corrected chi connectivity index (χ1v) is 7.27. The van der Waals surface area contributed by atoms with E-state index in [1.54, 1.807) is 17.5 Å². The van der Waals surface area contributed by atoms with Gasteiger partial charge in [0.15, 0.2) is 0 Å². The van der Waals surface area contributed by atoms with Crippen molar-refractivity contribution in [1.82, 2.24) is 10.3 Å². The molecule has 3 rings (SSSR count). The Balaban J connectivity index is 1.73. The predicted octanol–water partition coefficient (Wildman–Crippen LogP) is 2.53.